The maximum absolute atomic E-state index is 14.6. The first-order valence-corrected chi connectivity index (χ1v) is 12.9. The van der Waals surface area contributed by atoms with E-state index in [9.17, 15) is 18.8 Å². The molecule has 4 atom stereocenters. The molecule has 3 aromatic rings. The lowest BCUT2D eigenvalue weighted by atomic mass is 9.60. The SMILES string of the molecule is CC[C@@]12C(=O)[C@](CC)(C(c3ccccc3)=C1c1ccccc1)[C@H]1C(=O)N(Cc3ccc(F)cc3)C(=O)[C@H]12. The minimum atomic E-state index is -1.09. The van der Waals surface area contributed by atoms with Crippen LogP contribution < -0.4 is 0 Å². The highest BCUT2D eigenvalue weighted by Gasteiger charge is 2.80. The van der Waals surface area contributed by atoms with Crippen LogP contribution in [0.1, 0.15) is 43.4 Å². The van der Waals surface area contributed by atoms with Gasteiger partial charge in [0.2, 0.25) is 11.8 Å². The molecular weight excluding hydrogens is 465 g/mol. The molecule has 186 valence electrons. The Bertz CT molecular complexity index is 1360. The summed E-state index contributed by atoms with van der Waals surface area (Å²) in [6, 6.07) is 25.5. The molecule has 6 rings (SSSR count). The van der Waals surface area contributed by atoms with Gasteiger partial charge in [-0.15, -0.1) is 0 Å². The summed E-state index contributed by atoms with van der Waals surface area (Å²) < 4.78 is 13.5. The first-order chi connectivity index (χ1) is 17.9. The molecule has 0 unspecified atom stereocenters. The minimum Gasteiger partial charge on any atom is -0.298 e. The molecule has 3 aromatic carbocycles. The number of fused-ring (bicyclic) bond motifs is 5. The van der Waals surface area contributed by atoms with E-state index in [0.29, 0.717) is 18.4 Å². The van der Waals surface area contributed by atoms with Crippen molar-refractivity contribution in [2.45, 2.75) is 33.2 Å². The van der Waals surface area contributed by atoms with Gasteiger partial charge in [0.15, 0.2) is 5.78 Å². The summed E-state index contributed by atoms with van der Waals surface area (Å²) in [5.74, 6) is -2.47. The third-order valence-corrected chi connectivity index (χ3v) is 8.91. The van der Waals surface area contributed by atoms with E-state index in [1.807, 2.05) is 74.5 Å². The second-order valence-electron chi connectivity index (χ2n) is 10.3. The number of Topliss-reactive ketones (excluding diaryl/α,β-unsaturated/α-hetero) is 1. The van der Waals surface area contributed by atoms with Gasteiger partial charge in [-0.1, -0.05) is 86.6 Å². The summed E-state index contributed by atoms with van der Waals surface area (Å²) in [4.78, 5) is 44.2. The lowest BCUT2D eigenvalue weighted by molar-refractivity contribution is -0.146. The number of likely N-dealkylation sites (tertiary alicyclic amines) is 1. The Kier molecular flexibility index (Phi) is 5.30. The molecular formula is C32H28FNO3. The van der Waals surface area contributed by atoms with Crippen molar-refractivity contribution in [2.75, 3.05) is 0 Å². The number of rotatable bonds is 6. The van der Waals surface area contributed by atoms with Crippen LogP contribution in [0.4, 0.5) is 4.39 Å². The predicted octanol–water partition coefficient (Wildman–Crippen LogP) is 5.93. The summed E-state index contributed by atoms with van der Waals surface area (Å²) in [5.41, 5.74) is 2.12. The maximum Gasteiger partial charge on any atom is 0.234 e. The summed E-state index contributed by atoms with van der Waals surface area (Å²) in [6.45, 7) is 3.98. The lowest BCUT2D eigenvalue weighted by Gasteiger charge is -2.38. The number of nitrogens with zero attached hydrogens (tertiary/aromatic N) is 1. The molecule has 1 saturated heterocycles. The van der Waals surface area contributed by atoms with Crippen LogP contribution in [0.5, 0.6) is 0 Å². The molecule has 37 heavy (non-hydrogen) atoms. The van der Waals surface area contributed by atoms with E-state index in [0.717, 1.165) is 22.3 Å². The third kappa shape index (κ3) is 2.91. The van der Waals surface area contributed by atoms with Crippen LogP contribution in [0, 0.1) is 28.5 Å². The first-order valence-electron chi connectivity index (χ1n) is 12.9. The third-order valence-electron chi connectivity index (χ3n) is 8.91. The Balaban J connectivity index is 1.59. The van der Waals surface area contributed by atoms with Crippen molar-refractivity contribution < 1.29 is 18.8 Å². The van der Waals surface area contributed by atoms with E-state index >= 15 is 0 Å². The van der Waals surface area contributed by atoms with Crippen LogP contribution in [0.15, 0.2) is 84.9 Å². The smallest absolute Gasteiger partial charge is 0.234 e. The number of carbonyl (C=O) groups is 3. The van der Waals surface area contributed by atoms with E-state index in [-0.39, 0.29) is 30.0 Å². The molecule has 0 spiro atoms. The molecule has 5 heteroatoms. The minimum absolute atomic E-state index is 0.000776. The van der Waals surface area contributed by atoms with Gasteiger partial charge in [0, 0.05) is 0 Å². The van der Waals surface area contributed by atoms with Crippen LogP contribution in [0.25, 0.3) is 11.1 Å². The zero-order valence-electron chi connectivity index (χ0n) is 20.9. The predicted molar refractivity (Wildman–Crippen MR) is 139 cm³/mol. The Labute approximate surface area is 215 Å². The molecule has 2 amide bonds. The fraction of sp³-hybridized carbons (Fsp3) is 0.281. The van der Waals surface area contributed by atoms with Gasteiger partial charge in [0.05, 0.1) is 29.2 Å². The number of allylic oxidation sites excluding steroid dienone is 2. The molecule has 4 nitrogen and oxygen atoms in total. The highest BCUT2D eigenvalue weighted by Crippen LogP contribution is 2.75. The number of carbonyl (C=O) groups excluding carboxylic acids is 3. The highest BCUT2D eigenvalue weighted by atomic mass is 19.1. The molecule has 1 heterocycles. The second kappa shape index (κ2) is 8.34. The summed E-state index contributed by atoms with van der Waals surface area (Å²) >= 11 is 0. The number of halogens is 1. The van der Waals surface area contributed by atoms with Gasteiger partial charge < -0.3 is 0 Å². The van der Waals surface area contributed by atoms with Crippen molar-refractivity contribution in [2.24, 2.45) is 22.7 Å². The average Bonchev–Trinajstić information content (AvgIpc) is 3.42. The van der Waals surface area contributed by atoms with E-state index < -0.39 is 22.7 Å². The Morgan fingerprint density at radius 2 is 1.11 bits per heavy atom. The molecule has 1 aliphatic heterocycles. The van der Waals surface area contributed by atoms with Crippen molar-refractivity contribution in [1.82, 2.24) is 4.90 Å². The molecule has 2 fully saturated rings. The fourth-order valence-electron chi connectivity index (χ4n) is 7.44. The topological polar surface area (TPSA) is 54.5 Å². The van der Waals surface area contributed by atoms with Crippen LogP contribution in [0.2, 0.25) is 0 Å². The van der Waals surface area contributed by atoms with Gasteiger partial charge >= 0.3 is 0 Å². The van der Waals surface area contributed by atoms with Crippen molar-refractivity contribution in [3.8, 4) is 0 Å². The number of ketones is 1. The van der Waals surface area contributed by atoms with Crippen molar-refractivity contribution in [1.29, 1.82) is 0 Å². The zero-order chi connectivity index (χ0) is 25.9. The highest BCUT2D eigenvalue weighted by molar-refractivity contribution is 6.29. The summed E-state index contributed by atoms with van der Waals surface area (Å²) in [5, 5.41) is 0. The van der Waals surface area contributed by atoms with Crippen LogP contribution in [-0.2, 0) is 20.9 Å². The standard InChI is InChI=1S/C32H28FNO3/c1-3-31-24(21-11-7-5-8-12-21)25(22-13-9-6-10-14-22)32(4-2,30(31)37)27-26(31)28(35)34(29(27)36)19-20-15-17-23(33)18-16-20/h5-18,26-27H,3-4,19H2,1-2H3/t26-,27+,31-,32-/m1/s1. The lowest BCUT2D eigenvalue weighted by Crippen LogP contribution is -2.41. The van der Waals surface area contributed by atoms with Crippen molar-refractivity contribution in [3.63, 3.8) is 0 Å². The van der Waals surface area contributed by atoms with Gasteiger partial charge in [0.25, 0.3) is 0 Å². The van der Waals surface area contributed by atoms with E-state index in [2.05, 4.69) is 0 Å². The average molecular weight is 494 g/mol. The number of hydrogen-bond donors (Lipinski definition) is 0. The summed E-state index contributed by atoms with van der Waals surface area (Å²) in [7, 11) is 0. The molecule has 1 saturated carbocycles. The van der Waals surface area contributed by atoms with Crippen LogP contribution in [-0.4, -0.2) is 22.5 Å². The van der Waals surface area contributed by atoms with Crippen molar-refractivity contribution >= 4 is 28.7 Å². The number of imide groups is 1. The Hall–Kier alpha value is -3.86. The number of benzene rings is 3. The van der Waals surface area contributed by atoms with Gasteiger partial charge in [-0.25, -0.2) is 4.39 Å². The normalized spacial score (nSPS) is 28.4. The molecule has 2 bridgehead atoms. The fourth-order valence-corrected chi connectivity index (χ4v) is 7.44. The van der Waals surface area contributed by atoms with E-state index in [1.54, 1.807) is 12.1 Å². The molecule has 0 radical (unpaired) electrons. The number of amides is 2. The van der Waals surface area contributed by atoms with Gasteiger partial charge in [0.1, 0.15) is 5.82 Å². The summed E-state index contributed by atoms with van der Waals surface area (Å²) in [6.07, 6.45) is 0.859. The number of hydrogen-bond acceptors (Lipinski definition) is 3. The van der Waals surface area contributed by atoms with Gasteiger partial charge in [-0.2, -0.15) is 0 Å². The zero-order valence-corrected chi connectivity index (χ0v) is 20.9. The largest absolute Gasteiger partial charge is 0.298 e. The maximum atomic E-state index is 14.6. The first kappa shape index (κ1) is 23.5. The van der Waals surface area contributed by atoms with E-state index in [1.165, 1.54) is 17.0 Å². The molecule has 0 N–H and O–H groups in total. The van der Waals surface area contributed by atoms with Crippen LogP contribution >= 0.6 is 0 Å². The quantitative estimate of drug-likeness (QED) is 0.400. The monoisotopic (exact) mass is 493 g/mol. The van der Waals surface area contributed by atoms with Gasteiger partial charge in [-0.05, 0) is 52.8 Å². The van der Waals surface area contributed by atoms with E-state index in [4.69, 9.17) is 0 Å². The van der Waals surface area contributed by atoms with Crippen molar-refractivity contribution in [3.05, 3.63) is 107 Å². The Morgan fingerprint density at radius 1 is 0.676 bits per heavy atom. The van der Waals surface area contributed by atoms with Gasteiger partial charge in [-0.3, -0.25) is 19.3 Å². The molecule has 2 aliphatic carbocycles. The molecule has 0 aromatic heterocycles. The Morgan fingerprint density at radius 3 is 1.51 bits per heavy atom. The molecule has 3 aliphatic rings. The van der Waals surface area contributed by atoms with Crippen LogP contribution in [0.3, 0.4) is 0 Å². The second-order valence-corrected chi connectivity index (χ2v) is 10.3.